The quantitative estimate of drug-likeness (QED) is 0.874. The molecule has 1 N–H and O–H groups in total. The summed E-state index contributed by atoms with van der Waals surface area (Å²) in [5.41, 5.74) is 2.34. The first-order valence-corrected chi connectivity index (χ1v) is 6.09. The molecule has 0 atom stereocenters. The van der Waals surface area contributed by atoms with Gasteiger partial charge in [-0.05, 0) is 24.6 Å². The Morgan fingerprint density at radius 2 is 2.17 bits per heavy atom. The maximum atomic E-state index is 4.27. The fraction of sp³-hybridized carbons (Fsp3) is 0.286. The van der Waals surface area contributed by atoms with Gasteiger partial charge in [-0.2, -0.15) is 0 Å². The molecule has 4 heteroatoms. The molecule has 0 unspecified atom stereocenters. The summed E-state index contributed by atoms with van der Waals surface area (Å²) in [5.74, 6) is 0.910. The third kappa shape index (κ3) is 3.20. The van der Waals surface area contributed by atoms with Gasteiger partial charge < -0.3 is 10.2 Å². The second-order valence-electron chi connectivity index (χ2n) is 4.15. The molecule has 2 aromatic heterocycles. The van der Waals surface area contributed by atoms with Gasteiger partial charge in [0.1, 0.15) is 5.82 Å². The summed E-state index contributed by atoms with van der Waals surface area (Å²) in [7, 11) is 2.07. The van der Waals surface area contributed by atoms with E-state index in [0.29, 0.717) is 0 Å². The second-order valence-corrected chi connectivity index (χ2v) is 4.15. The summed E-state index contributed by atoms with van der Waals surface area (Å²) in [6, 6.07) is 8.10. The van der Waals surface area contributed by atoms with E-state index in [-0.39, 0.29) is 0 Å². The molecule has 0 aliphatic rings. The van der Waals surface area contributed by atoms with E-state index in [0.717, 1.165) is 24.6 Å². The molecule has 0 fully saturated rings. The van der Waals surface area contributed by atoms with Crippen molar-refractivity contribution in [2.45, 2.75) is 13.5 Å². The van der Waals surface area contributed by atoms with Gasteiger partial charge >= 0.3 is 0 Å². The van der Waals surface area contributed by atoms with Crippen molar-refractivity contribution in [2.24, 2.45) is 0 Å². The van der Waals surface area contributed by atoms with E-state index in [1.165, 1.54) is 5.56 Å². The van der Waals surface area contributed by atoms with Crippen LogP contribution in [0.15, 0.2) is 42.9 Å². The van der Waals surface area contributed by atoms with Gasteiger partial charge in [-0.1, -0.05) is 6.07 Å². The van der Waals surface area contributed by atoms with Crippen LogP contribution in [0.2, 0.25) is 0 Å². The van der Waals surface area contributed by atoms with E-state index in [1.807, 2.05) is 24.5 Å². The number of hydrogen-bond donors (Lipinski definition) is 1. The number of pyridine rings is 2. The van der Waals surface area contributed by atoms with Gasteiger partial charge in [0.2, 0.25) is 0 Å². The molecule has 2 rings (SSSR count). The van der Waals surface area contributed by atoms with Crippen molar-refractivity contribution in [1.82, 2.24) is 9.97 Å². The Labute approximate surface area is 108 Å². The summed E-state index contributed by atoms with van der Waals surface area (Å²) >= 11 is 0. The van der Waals surface area contributed by atoms with Gasteiger partial charge in [0.05, 0.1) is 0 Å². The maximum absolute atomic E-state index is 4.27. The van der Waals surface area contributed by atoms with Gasteiger partial charge in [-0.15, -0.1) is 0 Å². The van der Waals surface area contributed by atoms with Crippen LogP contribution in [0.5, 0.6) is 0 Å². The first kappa shape index (κ1) is 12.4. The van der Waals surface area contributed by atoms with Crippen molar-refractivity contribution in [3.63, 3.8) is 0 Å². The summed E-state index contributed by atoms with van der Waals surface area (Å²) in [6.45, 7) is 3.78. The largest absolute Gasteiger partial charge is 0.370 e. The minimum atomic E-state index is 0.837. The van der Waals surface area contributed by atoms with Crippen LogP contribution in [0.4, 0.5) is 11.5 Å². The van der Waals surface area contributed by atoms with Crippen LogP contribution in [0.25, 0.3) is 0 Å². The summed E-state index contributed by atoms with van der Waals surface area (Å²) < 4.78 is 0. The standard InChI is InChI=1S/C14H18N4/c1-3-16-14-9-13(6-8-17-14)18(2)11-12-5-4-7-15-10-12/h4-10H,3,11H2,1-2H3,(H,16,17). The molecule has 0 amide bonds. The molecule has 0 radical (unpaired) electrons. The molecule has 18 heavy (non-hydrogen) atoms. The number of nitrogens with one attached hydrogen (secondary N) is 1. The van der Waals surface area contributed by atoms with Crippen LogP contribution in [-0.4, -0.2) is 23.6 Å². The smallest absolute Gasteiger partial charge is 0.127 e. The first-order valence-electron chi connectivity index (χ1n) is 6.09. The molecule has 0 saturated carbocycles. The van der Waals surface area contributed by atoms with Crippen LogP contribution in [0.3, 0.4) is 0 Å². The van der Waals surface area contributed by atoms with Gasteiger partial charge in [0, 0.05) is 50.5 Å². The van der Waals surface area contributed by atoms with Crippen molar-refractivity contribution >= 4 is 11.5 Å². The van der Waals surface area contributed by atoms with E-state index in [9.17, 15) is 0 Å². The van der Waals surface area contributed by atoms with Crippen molar-refractivity contribution in [3.05, 3.63) is 48.4 Å². The number of nitrogens with zero attached hydrogens (tertiary/aromatic N) is 3. The lowest BCUT2D eigenvalue weighted by molar-refractivity contribution is 0.913. The summed E-state index contributed by atoms with van der Waals surface area (Å²) in [5, 5.41) is 3.22. The molecule has 94 valence electrons. The van der Waals surface area contributed by atoms with Gasteiger partial charge in [0.15, 0.2) is 0 Å². The monoisotopic (exact) mass is 242 g/mol. The Balaban J connectivity index is 2.08. The number of aromatic nitrogens is 2. The lowest BCUT2D eigenvalue weighted by Crippen LogP contribution is -2.16. The van der Waals surface area contributed by atoms with Gasteiger partial charge in [0.25, 0.3) is 0 Å². The maximum Gasteiger partial charge on any atom is 0.127 e. The Morgan fingerprint density at radius 1 is 1.28 bits per heavy atom. The first-order chi connectivity index (χ1) is 8.79. The molecule has 0 aliphatic heterocycles. The van der Waals surface area contributed by atoms with Crippen LogP contribution in [0, 0.1) is 0 Å². The molecular formula is C14H18N4. The van der Waals surface area contributed by atoms with E-state index in [2.05, 4.69) is 46.3 Å². The highest BCUT2D eigenvalue weighted by Gasteiger charge is 2.03. The fourth-order valence-corrected chi connectivity index (χ4v) is 1.79. The number of rotatable bonds is 5. The van der Waals surface area contributed by atoms with Gasteiger partial charge in [-0.3, -0.25) is 4.98 Å². The molecule has 0 saturated heterocycles. The lowest BCUT2D eigenvalue weighted by atomic mass is 10.2. The average Bonchev–Trinajstić information content (AvgIpc) is 2.40. The molecule has 2 aromatic rings. The minimum Gasteiger partial charge on any atom is -0.370 e. The molecule has 0 aromatic carbocycles. The van der Waals surface area contributed by atoms with Gasteiger partial charge in [-0.25, -0.2) is 4.98 Å². The zero-order chi connectivity index (χ0) is 12.8. The Kier molecular flexibility index (Phi) is 4.12. The zero-order valence-corrected chi connectivity index (χ0v) is 10.8. The Bertz CT molecular complexity index is 484. The average molecular weight is 242 g/mol. The molecule has 0 spiro atoms. The predicted octanol–water partition coefficient (Wildman–Crippen LogP) is 2.54. The zero-order valence-electron chi connectivity index (χ0n) is 10.8. The minimum absolute atomic E-state index is 0.837. The SMILES string of the molecule is CCNc1cc(N(C)Cc2cccnc2)ccn1. The van der Waals surface area contributed by atoms with Crippen molar-refractivity contribution < 1.29 is 0 Å². The molecular weight excluding hydrogens is 224 g/mol. The molecule has 4 nitrogen and oxygen atoms in total. The normalized spacial score (nSPS) is 10.1. The van der Waals surface area contributed by atoms with Crippen LogP contribution < -0.4 is 10.2 Å². The second kappa shape index (κ2) is 6.00. The topological polar surface area (TPSA) is 41.0 Å². The van der Waals surface area contributed by atoms with Crippen LogP contribution in [0.1, 0.15) is 12.5 Å². The lowest BCUT2D eigenvalue weighted by Gasteiger charge is -2.19. The van der Waals surface area contributed by atoms with Crippen LogP contribution >= 0.6 is 0 Å². The van der Waals surface area contributed by atoms with Crippen molar-refractivity contribution in [3.8, 4) is 0 Å². The highest BCUT2D eigenvalue weighted by Crippen LogP contribution is 2.17. The summed E-state index contributed by atoms with van der Waals surface area (Å²) in [6.07, 6.45) is 5.51. The fourth-order valence-electron chi connectivity index (χ4n) is 1.79. The van der Waals surface area contributed by atoms with E-state index < -0.39 is 0 Å². The highest BCUT2D eigenvalue weighted by atomic mass is 15.1. The van der Waals surface area contributed by atoms with E-state index >= 15 is 0 Å². The Morgan fingerprint density at radius 3 is 2.89 bits per heavy atom. The highest BCUT2D eigenvalue weighted by molar-refractivity contribution is 5.53. The number of anilines is 2. The predicted molar refractivity (Wildman–Crippen MR) is 74.7 cm³/mol. The van der Waals surface area contributed by atoms with E-state index in [4.69, 9.17) is 0 Å². The van der Waals surface area contributed by atoms with E-state index in [1.54, 1.807) is 6.20 Å². The van der Waals surface area contributed by atoms with Crippen molar-refractivity contribution in [1.29, 1.82) is 0 Å². The molecule has 0 aliphatic carbocycles. The van der Waals surface area contributed by atoms with Crippen molar-refractivity contribution in [2.75, 3.05) is 23.8 Å². The Hall–Kier alpha value is -2.10. The summed E-state index contributed by atoms with van der Waals surface area (Å²) in [4.78, 5) is 10.6. The third-order valence-corrected chi connectivity index (χ3v) is 2.68. The molecule has 0 bridgehead atoms. The number of hydrogen-bond acceptors (Lipinski definition) is 4. The third-order valence-electron chi connectivity index (χ3n) is 2.68. The van der Waals surface area contributed by atoms with Crippen LogP contribution in [-0.2, 0) is 6.54 Å². The molecule has 2 heterocycles.